The van der Waals surface area contributed by atoms with Crippen LogP contribution in [-0.2, 0) is 29.8 Å². The molecule has 0 atom stereocenters. The van der Waals surface area contributed by atoms with Crippen molar-refractivity contribution in [2.24, 2.45) is 20.5 Å². The van der Waals surface area contributed by atoms with Gasteiger partial charge in [0.05, 0.1) is 32.7 Å². The van der Waals surface area contributed by atoms with Gasteiger partial charge in [-0.25, -0.2) is 16.8 Å². The van der Waals surface area contributed by atoms with Crippen LogP contribution < -0.4 is 5.73 Å². The molecule has 0 saturated heterocycles. The molecule has 4 rings (SSSR count). The Kier molecular flexibility index (Phi) is 8.45. The maximum Gasteiger partial charge on any atom is 0.296 e. The van der Waals surface area contributed by atoms with Crippen LogP contribution in [0.25, 0.3) is 10.8 Å². The molecule has 0 amide bonds. The lowest BCUT2D eigenvalue weighted by Crippen LogP contribution is -2.06. The number of fused-ring (bicyclic) bond motifs is 1. The minimum absolute atomic E-state index is 0.0395. The number of nitrogen functional groups attached to an aromatic ring is 1. The minimum Gasteiger partial charge on any atom is -0.505 e. The molecule has 0 unspecified atom stereocenters. The number of sulfone groups is 2. The highest BCUT2D eigenvalue weighted by molar-refractivity contribution is 7.91. The Morgan fingerprint density at radius 1 is 0.667 bits per heavy atom. The van der Waals surface area contributed by atoms with Crippen LogP contribution in [0.1, 0.15) is 13.8 Å². The van der Waals surface area contributed by atoms with E-state index in [0.717, 1.165) is 18.2 Å². The van der Waals surface area contributed by atoms with E-state index in [2.05, 4.69) is 20.5 Å². The molecular formula is C26H25N5O8S3. The van der Waals surface area contributed by atoms with Crippen LogP contribution >= 0.6 is 0 Å². The average molecular weight is 632 g/mol. The number of hydrogen-bond acceptors (Lipinski definition) is 12. The third-order valence-electron chi connectivity index (χ3n) is 6.21. The summed E-state index contributed by atoms with van der Waals surface area (Å²) in [5.41, 5.74) is 6.37. The second kappa shape index (κ2) is 11.6. The SMILES string of the molecule is CCS(=O)(=O)c1ccc(/N=N/c2ccc3c(/N=N/c4ccc(S(=O)(=O)CC)cc4S(=O)(=O)O)c(N)ccc3c2O)cc1. The van der Waals surface area contributed by atoms with E-state index in [1.54, 1.807) is 6.92 Å². The minimum atomic E-state index is -4.88. The molecule has 0 heterocycles. The number of nitrogens with zero attached hydrogens (tertiary/aromatic N) is 4. The monoisotopic (exact) mass is 631 g/mol. The first-order valence-electron chi connectivity index (χ1n) is 12.2. The van der Waals surface area contributed by atoms with Crippen LogP contribution in [0, 0.1) is 0 Å². The molecule has 0 fully saturated rings. The maximum absolute atomic E-state index is 12.2. The lowest BCUT2D eigenvalue weighted by atomic mass is 10.1. The predicted octanol–water partition coefficient (Wildman–Crippen LogP) is 5.79. The topological polar surface area (TPSA) is 218 Å². The van der Waals surface area contributed by atoms with Gasteiger partial charge < -0.3 is 10.8 Å². The molecule has 16 heteroatoms. The van der Waals surface area contributed by atoms with Gasteiger partial charge in [-0.05, 0) is 66.7 Å². The van der Waals surface area contributed by atoms with E-state index in [1.165, 1.54) is 55.5 Å². The van der Waals surface area contributed by atoms with Gasteiger partial charge in [-0.3, -0.25) is 4.55 Å². The van der Waals surface area contributed by atoms with Gasteiger partial charge in [-0.15, -0.1) is 15.3 Å². The van der Waals surface area contributed by atoms with Gasteiger partial charge >= 0.3 is 0 Å². The number of azo groups is 2. The van der Waals surface area contributed by atoms with E-state index in [1.807, 2.05) is 0 Å². The summed E-state index contributed by atoms with van der Waals surface area (Å²) in [5.74, 6) is -0.598. The zero-order valence-corrected chi connectivity index (χ0v) is 24.6. The van der Waals surface area contributed by atoms with E-state index in [0.29, 0.717) is 11.1 Å². The third kappa shape index (κ3) is 6.30. The average Bonchev–Trinajstić information content (AvgIpc) is 2.96. The summed E-state index contributed by atoms with van der Waals surface area (Å²) in [7, 11) is -12.0. The Morgan fingerprint density at radius 3 is 1.83 bits per heavy atom. The van der Waals surface area contributed by atoms with E-state index >= 15 is 0 Å². The van der Waals surface area contributed by atoms with Crippen LogP contribution in [-0.4, -0.2) is 46.4 Å². The number of nitrogens with two attached hydrogens (primary N) is 1. The zero-order valence-electron chi connectivity index (χ0n) is 22.2. The molecule has 0 saturated carbocycles. The summed E-state index contributed by atoms with van der Waals surface area (Å²) in [6, 6.07) is 14.7. The Balaban J connectivity index is 1.72. The van der Waals surface area contributed by atoms with Crippen LogP contribution in [0.3, 0.4) is 0 Å². The van der Waals surface area contributed by atoms with Crippen molar-refractivity contribution in [1.82, 2.24) is 0 Å². The number of anilines is 1. The van der Waals surface area contributed by atoms with Gasteiger partial charge in [-0.1, -0.05) is 13.8 Å². The van der Waals surface area contributed by atoms with Gasteiger partial charge in [0.1, 0.15) is 22.0 Å². The molecule has 0 aliphatic heterocycles. The van der Waals surface area contributed by atoms with E-state index in [4.69, 9.17) is 5.73 Å². The summed E-state index contributed by atoms with van der Waals surface area (Å²) < 4.78 is 82.0. The summed E-state index contributed by atoms with van der Waals surface area (Å²) >= 11 is 0. The number of rotatable bonds is 9. The highest BCUT2D eigenvalue weighted by Gasteiger charge is 2.21. The molecule has 0 aliphatic carbocycles. The molecule has 220 valence electrons. The number of phenolic OH excluding ortho intramolecular Hbond substituents is 1. The van der Waals surface area contributed by atoms with Crippen LogP contribution in [0.15, 0.2) is 102 Å². The van der Waals surface area contributed by atoms with Gasteiger partial charge in [0.2, 0.25) is 0 Å². The third-order valence-corrected chi connectivity index (χ3v) is 10.6. The van der Waals surface area contributed by atoms with Crippen molar-refractivity contribution in [2.45, 2.75) is 28.5 Å². The summed E-state index contributed by atoms with van der Waals surface area (Å²) in [6.45, 7) is 2.93. The fourth-order valence-electron chi connectivity index (χ4n) is 3.82. The molecule has 4 N–H and O–H groups in total. The quantitative estimate of drug-likeness (QED) is 0.115. The Bertz CT molecular complexity index is 2080. The molecule has 4 aromatic carbocycles. The molecule has 0 aliphatic rings. The fraction of sp³-hybridized carbons (Fsp3) is 0.154. The Labute approximate surface area is 242 Å². The first-order chi connectivity index (χ1) is 19.7. The molecule has 42 heavy (non-hydrogen) atoms. The molecule has 0 aromatic heterocycles. The van der Waals surface area contributed by atoms with Crippen molar-refractivity contribution < 1.29 is 34.9 Å². The number of aromatic hydroxyl groups is 1. The van der Waals surface area contributed by atoms with Gasteiger partial charge in [-0.2, -0.15) is 13.5 Å². The molecular weight excluding hydrogens is 607 g/mol. The Hall–Kier alpha value is -4.25. The van der Waals surface area contributed by atoms with Crippen molar-refractivity contribution >= 4 is 69.0 Å². The lowest BCUT2D eigenvalue weighted by molar-refractivity contribution is 0.482. The standard InChI is InChI=1S/C26H25N5O8S3/c1-3-40(33,34)17-7-5-16(6-8-17)28-30-23-14-11-19-20(26(23)32)10-12-21(27)25(19)31-29-22-13-9-18(41(35,36)4-2)15-24(22)42(37,38)39/h5-15,32H,3-4,27H2,1-2H3,(H,37,38,39)/b30-28+,31-29+. The summed E-state index contributed by atoms with van der Waals surface area (Å²) in [4.78, 5) is -0.914. The summed E-state index contributed by atoms with van der Waals surface area (Å²) in [6.07, 6.45) is 0. The number of phenols is 1. The largest absolute Gasteiger partial charge is 0.505 e. The van der Waals surface area contributed by atoms with Crippen molar-refractivity contribution in [1.29, 1.82) is 0 Å². The van der Waals surface area contributed by atoms with Crippen LogP contribution in [0.4, 0.5) is 28.4 Å². The fourth-order valence-corrected chi connectivity index (χ4v) is 6.33. The van der Waals surface area contributed by atoms with Gasteiger partial charge in [0, 0.05) is 10.8 Å². The number of hydrogen-bond donors (Lipinski definition) is 3. The molecule has 4 aromatic rings. The summed E-state index contributed by atoms with van der Waals surface area (Å²) in [5, 5.41) is 27.5. The first kappa shape index (κ1) is 30.7. The van der Waals surface area contributed by atoms with Crippen molar-refractivity contribution in [2.75, 3.05) is 17.2 Å². The van der Waals surface area contributed by atoms with Crippen molar-refractivity contribution in [3.8, 4) is 5.75 Å². The lowest BCUT2D eigenvalue weighted by Gasteiger charge is -2.09. The highest BCUT2D eigenvalue weighted by atomic mass is 32.2. The van der Waals surface area contributed by atoms with E-state index in [-0.39, 0.29) is 55.2 Å². The van der Waals surface area contributed by atoms with E-state index in [9.17, 15) is 34.9 Å². The second-order valence-corrected chi connectivity index (χ2v) is 14.8. The van der Waals surface area contributed by atoms with Crippen molar-refractivity contribution in [3.63, 3.8) is 0 Å². The van der Waals surface area contributed by atoms with Crippen LogP contribution in [0.2, 0.25) is 0 Å². The second-order valence-electron chi connectivity index (χ2n) is 8.84. The van der Waals surface area contributed by atoms with Crippen LogP contribution in [0.5, 0.6) is 5.75 Å². The number of benzene rings is 4. The van der Waals surface area contributed by atoms with E-state index < -0.39 is 34.7 Å². The zero-order chi connectivity index (χ0) is 30.9. The normalized spacial score (nSPS) is 12.9. The van der Waals surface area contributed by atoms with Gasteiger partial charge in [0.25, 0.3) is 10.1 Å². The molecule has 0 spiro atoms. The van der Waals surface area contributed by atoms with Gasteiger partial charge in [0.15, 0.2) is 25.4 Å². The molecule has 13 nitrogen and oxygen atoms in total. The molecule has 0 bridgehead atoms. The smallest absolute Gasteiger partial charge is 0.296 e. The first-order valence-corrected chi connectivity index (χ1v) is 17.0. The molecule has 0 radical (unpaired) electrons. The van der Waals surface area contributed by atoms with Crippen molar-refractivity contribution in [3.05, 3.63) is 66.7 Å². The highest BCUT2D eigenvalue weighted by Crippen LogP contribution is 2.42. The predicted molar refractivity (Wildman–Crippen MR) is 157 cm³/mol. The maximum atomic E-state index is 12.2. The Morgan fingerprint density at radius 2 is 1.21 bits per heavy atom.